The summed E-state index contributed by atoms with van der Waals surface area (Å²) in [5, 5.41) is 1.55. The molecule has 194 valence electrons. The smallest absolute Gasteiger partial charge is 0.246 e. The van der Waals surface area contributed by atoms with Gasteiger partial charge in [-0.25, -0.2) is 9.45 Å². The summed E-state index contributed by atoms with van der Waals surface area (Å²) in [5.41, 5.74) is 2.40. The molecule has 0 aliphatic carbocycles. The van der Waals surface area contributed by atoms with Gasteiger partial charge >= 0.3 is 0 Å². The fourth-order valence-corrected chi connectivity index (χ4v) is 5.27. The summed E-state index contributed by atoms with van der Waals surface area (Å²) in [6.45, 7) is 3.03. The van der Waals surface area contributed by atoms with Crippen molar-refractivity contribution < 1.29 is 23.5 Å². The molecule has 0 bridgehead atoms. The van der Waals surface area contributed by atoms with E-state index in [0.29, 0.717) is 18.6 Å². The van der Waals surface area contributed by atoms with Crippen LogP contribution in [0.5, 0.6) is 11.5 Å². The van der Waals surface area contributed by atoms with Crippen molar-refractivity contribution in [1.82, 2.24) is 9.96 Å². The largest absolute Gasteiger partial charge is 0.493 e. The standard InChI is InChI=1S/C30H33FN2O4/c1-35-28-19-24(11-12-27(28)36-21-23-7-3-2-4-8-23)20-32-17-15-30(16-18-32)14-13-29(34)33(30)37-22-25-9-5-6-10-26(25)31/h2-12,19H,13-18,20-22H2,1H3. The Morgan fingerprint density at radius 2 is 1.62 bits per heavy atom. The molecule has 3 aromatic rings. The summed E-state index contributed by atoms with van der Waals surface area (Å²) in [6.07, 6.45) is 2.90. The average Bonchev–Trinajstić information content (AvgIpc) is 3.23. The topological polar surface area (TPSA) is 51.2 Å². The summed E-state index contributed by atoms with van der Waals surface area (Å²) in [6, 6.07) is 22.7. The zero-order valence-corrected chi connectivity index (χ0v) is 21.2. The highest BCUT2D eigenvalue weighted by atomic mass is 19.1. The van der Waals surface area contributed by atoms with Gasteiger partial charge in [0.25, 0.3) is 0 Å². The zero-order valence-electron chi connectivity index (χ0n) is 21.2. The minimum atomic E-state index is -0.315. The van der Waals surface area contributed by atoms with Crippen molar-refractivity contribution in [3.05, 3.63) is 95.3 Å². The number of carbonyl (C=O) groups excluding carboxylic acids is 1. The maximum absolute atomic E-state index is 14.0. The molecule has 2 aliphatic heterocycles. The fourth-order valence-electron chi connectivity index (χ4n) is 5.27. The van der Waals surface area contributed by atoms with Gasteiger partial charge in [-0.1, -0.05) is 54.6 Å². The van der Waals surface area contributed by atoms with Crippen molar-refractivity contribution in [3.8, 4) is 11.5 Å². The molecular weight excluding hydrogens is 471 g/mol. The third kappa shape index (κ3) is 5.78. The van der Waals surface area contributed by atoms with Gasteiger partial charge < -0.3 is 9.47 Å². The Morgan fingerprint density at radius 1 is 0.865 bits per heavy atom. The molecule has 3 aromatic carbocycles. The predicted molar refractivity (Wildman–Crippen MR) is 138 cm³/mol. The Labute approximate surface area is 217 Å². The van der Waals surface area contributed by atoms with E-state index in [9.17, 15) is 9.18 Å². The summed E-state index contributed by atoms with van der Waals surface area (Å²) < 4.78 is 25.6. The second-order valence-corrected chi connectivity index (χ2v) is 9.81. The molecule has 0 saturated carbocycles. The highest BCUT2D eigenvalue weighted by Crippen LogP contribution is 2.40. The summed E-state index contributed by atoms with van der Waals surface area (Å²) in [4.78, 5) is 21.0. The lowest BCUT2D eigenvalue weighted by atomic mass is 9.86. The molecular formula is C30H33FN2O4. The first-order chi connectivity index (χ1) is 18.1. The van der Waals surface area contributed by atoms with E-state index in [1.807, 2.05) is 42.5 Å². The van der Waals surface area contributed by atoms with Crippen LogP contribution in [-0.2, 0) is 29.4 Å². The first-order valence-electron chi connectivity index (χ1n) is 12.8. The van der Waals surface area contributed by atoms with Crippen LogP contribution >= 0.6 is 0 Å². The van der Waals surface area contributed by atoms with E-state index in [4.69, 9.17) is 14.3 Å². The van der Waals surface area contributed by atoms with Crippen LogP contribution in [-0.4, -0.2) is 41.6 Å². The first-order valence-corrected chi connectivity index (χ1v) is 12.8. The molecule has 0 radical (unpaired) electrons. The van der Waals surface area contributed by atoms with Crippen molar-refractivity contribution in [2.24, 2.45) is 0 Å². The molecule has 2 saturated heterocycles. The van der Waals surface area contributed by atoms with Gasteiger partial charge in [0.1, 0.15) is 19.0 Å². The molecule has 2 fully saturated rings. The van der Waals surface area contributed by atoms with Crippen molar-refractivity contribution in [1.29, 1.82) is 0 Å². The second-order valence-electron chi connectivity index (χ2n) is 9.81. The molecule has 37 heavy (non-hydrogen) atoms. The van der Waals surface area contributed by atoms with Crippen molar-refractivity contribution in [3.63, 3.8) is 0 Å². The Morgan fingerprint density at radius 3 is 2.38 bits per heavy atom. The molecule has 2 aliphatic rings. The van der Waals surface area contributed by atoms with Crippen molar-refractivity contribution in [2.75, 3.05) is 20.2 Å². The van der Waals surface area contributed by atoms with Gasteiger partial charge in [-0.3, -0.25) is 14.5 Å². The van der Waals surface area contributed by atoms with Crippen LogP contribution in [0.25, 0.3) is 0 Å². The lowest BCUT2D eigenvalue weighted by Crippen LogP contribution is -2.52. The van der Waals surface area contributed by atoms with Crippen LogP contribution in [0.4, 0.5) is 4.39 Å². The number of methoxy groups -OCH3 is 1. The number of rotatable bonds is 9. The number of ether oxygens (including phenoxy) is 2. The van der Waals surface area contributed by atoms with Crippen LogP contribution in [0.15, 0.2) is 72.8 Å². The van der Waals surface area contributed by atoms with E-state index in [1.165, 1.54) is 6.07 Å². The van der Waals surface area contributed by atoms with Gasteiger partial charge in [-0.15, -0.1) is 0 Å². The van der Waals surface area contributed by atoms with E-state index >= 15 is 0 Å². The van der Waals surface area contributed by atoms with Crippen LogP contribution in [0.2, 0.25) is 0 Å². The zero-order chi connectivity index (χ0) is 25.7. The summed E-state index contributed by atoms with van der Waals surface area (Å²) in [5.74, 6) is 1.11. The maximum Gasteiger partial charge on any atom is 0.246 e. The Hall–Kier alpha value is -3.42. The van der Waals surface area contributed by atoms with Gasteiger partial charge in [-0.05, 0) is 48.6 Å². The summed E-state index contributed by atoms with van der Waals surface area (Å²) >= 11 is 0. The van der Waals surface area contributed by atoms with Crippen molar-refractivity contribution >= 4 is 5.91 Å². The first kappa shape index (κ1) is 25.2. The number of hydroxylamine groups is 2. The molecule has 0 aromatic heterocycles. The maximum atomic E-state index is 14.0. The normalized spacial score (nSPS) is 17.4. The van der Waals surface area contributed by atoms with Gasteiger partial charge in [0.2, 0.25) is 5.91 Å². The third-order valence-corrected chi connectivity index (χ3v) is 7.43. The molecule has 0 unspecified atom stereocenters. The predicted octanol–water partition coefficient (Wildman–Crippen LogP) is 5.50. The number of benzene rings is 3. The van der Waals surface area contributed by atoms with Crippen LogP contribution in [0.1, 0.15) is 42.4 Å². The van der Waals surface area contributed by atoms with Gasteiger partial charge in [0.05, 0.1) is 12.6 Å². The van der Waals surface area contributed by atoms with E-state index in [1.54, 1.807) is 30.4 Å². The van der Waals surface area contributed by atoms with Gasteiger partial charge in [-0.2, -0.15) is 0 Å². The van der Waals surface area contributed by atoms with E-state index in [0.717, 1.165) is 61.5 Å². The third-order valence-electron chi connectivity index (χ3n) is 7.43. The molecule has 0 atom stereocenters. The van der Waals surface area contributed by atoms with Crippen molar-refractivity contribution in [2.45, 2.75) is 51.0 Å². The monoisotopic (exact) mass is 504 g/mol. The fraction of sp³-hybridized carbons (Fsp3) is 0.367. The Balaban J connectivity index is 1.17. The van der Waals surface area contributed by atoms with E-state index < -0.39 is 0 Å². The minimum absolute atomic E-state index is 0.0133. The number of halogens is 1. The highest BCUT2D eigenvalue weighted by Gasteiger charge is 2.48. The SMILES string of the molecule is COc1cc(CN2CCC3(CCC(=O)N3OCc3ccccc3F)CC2)ccc1OCc1ccccc1. The molecule has 0 N–H and O–H groups in total. The van der Waals surface area contributed by atoms with E-state index in [-0.39, 0.29) is 23.9 Å². The number of hydrogen-bond donors (Lipinski definition) is 0. The number of amides is 1. The Bertz CT molecular complexity index is 1210. The van der Waals surface area contributed by atoms with Crippen LogP contribution < -0.4 is 9.47 Å². The number of likely N-dealkylation sites (tertiary alicyclic amines) is 1. The Kier molecular flexibility index (Phi) is 7.72. The lowest BCUT2D eigenvalue weighted by Gasteiger charge is -2.43. The van der Waals surface area contributed by atoms with Gasteiger partial charge in [0.15, 0.2) is 11.5 Å². The number of hydrogen-bond acceptors (Lipinski definition) is 5. The van der Waals surface area contributed by atoms with Gasteiger partial charge in [0, 0.05) is 31.6 Å². The molecule has 6 nitrogen and oxygen atoms in total. The van der Waals surface area contributed by atoms with Crippen LogP contribution in [0.3, 0.4) is 0 Å². The summed E-state index contributed by atoms with van der Waals surface area (Å²) in [7, 11) is 1.66. The quantitative estimate of drug-likeness (QED) is 0.385. The average molecular weight is 505 g/mol. The molecule has 1 amide bonds. The number of piperidine rings is 1. The second kappa shape index (κ2) is 11.3. The number of carbonyl (C=O) groups is 1. The molecule has 7 heteroatoms. The molecule has 5 rings (SSSR count). The molecule has 2 heterocycles. The minimum Gasteiger partial charge on any atom is -0.493 e. The number of nitrogens with zero attached hydrogens (tertiary/aromatic N) is 2. The lowest BCUT2D eigenvalue weighted by molar-refractivity contribution is -0.223. The van der Waals surface area contributed by atoms with Crippen LogP contribution in [0, 0.1) is 5.82 Å². The van der Waals surface area contributed by atoms with E-state index in [2.05, 4.69) is 11.0 Å². The highest BCUT2D eigenvalue weighted by molar-refractivity contribution is 5.78. The molecule has 1 spiro atoms.